The largest absolute Gasteiger partial charge is 0.455 e. The van der Waals surface area contributed by atoms with Gasteiger partial charge in [0.05, 0.1) is 0 Å². The molecule has 8 aromatic rings. The summed E-state index contributed by atoms with van der Waals surface area (Å²) >= 11 is 0. The minimum atomic E-state index is 0.796. The van der Waals surface area contributed by atoms with Crippen molar-refractivity contribution in [3.63, 3.8) is 0 Å². The SMILES string of the molecule is C1=Cc2c(ccc3c2oc2cc(N(c4ccc(-c5ccccc5)cc4)c4ccc(-c5ccccc5)c(-c5ccccc5)c4)ncc23)CC1. The van der Waals surface area contributed by atoms with Crippen LogP contribution in [0, 0.1) is 0 Å². The Morgan fingerprint density at radius 2 is 1.19 bits per heavy atom. The van der Waals surface area contributed by atoms with Gasteiger partial charge in [0.15, 0.2) is 0 Å². The maximum Gasteiger partial charge on any atom is 0.142 e. The van der Waals surface area contributed by atoms with Gasteiger partial charge in [0.1, 0.15) is 17.0 Å². The van der Waals surface area contributed by atoms with Crippen molar-refractivity contribution in [3.8, 4) is 33.4 Å². The first kappa shape index (κ1) is 28.1. The zero-order valence-electron chi connectivity index (χ0n) is 26.4. The molecule has 0 aliphatic heterocycles. The first-order chi connectivity index (χ1) is 23.8. The molecule has 3 heteroatoms. The molecule has 0 fully saturated rings. The van der Waals surface area contributed by atoms with E-state index in [4.69, 9.17) is 9.40 Å². The van der Waals surface area contributed by atoms with Crippen LogP contribution < -0.4 is 4.90 Å². The maximum absolute atomic E-state index is 6.64. The van der Waals surface area contributed by atoms with E-state index in [-0.39, 0.29) is 0 Å². The fourth-order valence-corrected chi connectivity index (χ4v) is 6.99. The summed E-state index contributed by atoms with van der Waals surface area (Å²) < 4.78 is 6.64. The second kappa shape index (κ2) is 11.9. The monoisotopic (exact) mass is 616 g/mol. The highest BCUT2D eigenvalue weighted by molar-refractivity contribution is 6.08. The number of furan rings is 1. The first-order valence-corrected chi connectivity index (χ1v) is 16.5. The van der Waals surface area contributed by atoms with Crippen molar-refractivity contribution in [2.45, 2.75) is 12.8 Å². The Kier molecular flexibility index (Phi) is 6.94. The van der Waals surface area contributed by atoms with Crippen LogP contribution in [0.1, 0.15) is 17.5 Å². The van der Waals surface area contributed by atoms with E-state index in [0.717, 1.165) is 63.1 Å². The van der Waals surface area contributed by atoms with Gasteiger partial charge in [-0.3, -0.25) is 4.90 Å². The van der Waals surface area contributed by atoms with Gasteiger partial charge in [-0.15, -0.1) is 0 Å². The van der Waals surface area contributed by atoms with Gasteiger partial charge >= 0.3 is 0 Å². The number of anilines is 3. The van der Waals surface area contributed by atoms with E-state index < -0.39 is 0 Å². The summed E-state index contributed by atoms with van der Waals surface area (Å²) in [7, 11) is 0. The number of hydrogen-bond donors (Lipinski definition) is 0. The minimum Gasteiger partial charge on any atom is -0.455 e. The molecule has 228 valence electrons. The summed E-state index contributed by atoms with van der Waals surface area (Å²) in [6.07, 6.45) is 8.52. The van der Waals surface area contributed by atoms with Gasteiger partial charge < -0.3 is 4.42 Å². The van der Waals surface area contributed by atoms with Crippen LogP contribution in [0.4, 0.5) is 17.2 Å². The number of nitrogens with zero attached hydrogens (tertiary/aromatic N) is 2. The highest BCUT2D eigenvalue weighted by atomic mass is 16.3. The number of fused-ring (bicyclic) bond motifs is 5. The van der Waals surface area contributed by atoms with E-state index in [0.29, 0.717) is 0 Å². The normalized spacial score (nSPS) is 12.3. The van der Waals surface area contributed by atoms with E-state index in [2.05, 4.69) is 169 Å². The molecule has 0 amide bonds. The number of benzene rings is 6. The lowest BCUT2D eigenvalue weighted by Gasteiger charge is -2.26. The standard InChI is InChI=1S/C45H32N2O/c1-4-12-31(13-5-1)32-20-23-36(24-21-32)47(37-25-27-38(33-14-6-2-7-15-33)41(28-37)34-16-8-3-9-17-34)44-29-43-42(30-46-44)40-26-22-35-18-10-11-19-39(35)45(40)48-43/h1-9,11-17,19-30H,10,18H2. The lowest BCUT2D eigenvalue weighted by molar-refractivity contribution is 0.666. The third-order valence-electron chi connectivity index (χ3n) is 9.40. The summed E-state index contributed by atoms with van der Waals surface area (Å²) in [5.41, 5.74) is 13.4. The molecule has 0 N–H and O–H groups in total. The molecule has 6 aromatic carbocycles. The fraction of sp³-hybridized carbons (Fsp3) is 0.0444. The van der Waals surface area contributed by atoms with Crippen molar-refractivity contribution >= 4 is 45.2 Å². The van der Waals surface area contributed by atoms with Gasteiger partial charge in [-0.05, 0) is 76.1 Å². The van der Waals surface area contributed by atoms with E-state index in [1.54, 1.807) is 0 Å². The first-order valence-electron chi connectivity index (χ1n) is 16.5. The smallest absolute Gasteiger partial charge is 0.142 e. The lowest BCUT2D eigenvalue weighted by Crippen LogP contribution is -2.11. The number of pyridine rings is 1. The molecule has 0 radical (unpaired) electrons. The molecule has 1 aliphatic rings. The highest BCUT2D eigenvalue weighted by Gasteiger charge is 2.21. The summed E-state index contributed by atoms with van der Waals surface area (Å²) in [6, 6.07) is 53.7. The Bertz CT molecular complexity index is 2430. The molecule has 2 aromatic heterocycles. The molecule has 9 rings (SSSR count). The van der Waals surface area contributed by atoms with Crippen LogP contribution in [0.3, 0.4) is 0 Å². The quantitative estimate of drug-likeness (QED) is 0.186. The predicted molar refractivity (Wildman–Crippen MR) is 200 cm³/mol. The van der Waals surface area contributed by atoms with Gasteiger partial charge in [-0.2, -0.15) is 0 Å². The van der Waals surface area contributed by atoms with Crippen molar-refractivity contribution in [2.24, 2.45) is 0 Å². The molecule has 2 heterocycles. The summed E-state index contributed by atoms with van der Waals surface area (Å²) in [5.74, 6) is 0.796. The van der Waals surface area contributed by atoms with E-state index in [1.165, 1.54) is 33.4 Å². The van der Waals surface area contributed by atoms with Crippen molar-refractivity contribution in [1.29, 1.82) is 0 Å². The number of allylic oxidation sites excluding steroid dienone is 1. The molecule has 48 heavy (non-hydrogen) atoms. The van der Waals surface area contributed by atoms with Gasteiger partial charge in [0, 0.05) is 40.0 Å². The summed E-state index contributed by atoms with van der Waals surface area (Å²) in [5, 5.41) is 2.13. The van der Waals surface area contributed by atoms with Crippen molar-refractivity contribution < 1.29 is 4.42 Å². The van der Waals surface area contributed by atoms with Crippen LogP contribution in [0.2, 0.25) is 0 Å². The Balaban J connectivity index is 1.23. The summed E-state index contributed by atoms with van der Waals surface area (Å²) in [4.78, 5) is 7.34. The zero-order chi connectivity index (χ0) is 31.9. The average Bonchev–Trinajstić information content (AvgIpc) is 3.55. The van der Waals surface area contributed by atoms with E-state index in [1.807, 2.05) is 6.20 Å². The molecule has 0 unspecified atom stereocenters. The average molecular weight is 617 g/mol. The number of aryl methyl sites for hydroxylation is 1. The van der Waals surface area contributed by atoms with Gasteiger partial charge in [0.2, 0.25) is 0 Å². The topological polar surface area (TPSA) is 29.3 Å². The molecule has 0 bridgehead atoms. The number of aromatic nitrogens is 1. The molecule has 0 saturated carbocycles. The molecule has 0 spiro atoms. The van der Waals surface area contributed by atoms with Crippen molar-refractivity contribution in [3.05, 3.63) is 175 Å². The number of rotatable bonds is 6. The van der Waals surface area contributed by atoms with Crippen LogP contribution in [-0.2, 0) is 6.42 Å². The zero-order valence-corrected chi connectivity index (χ0v) is 26.4. The van der Waals surface area contributed by atoms with Gasteiger partial charge in [0.25, 0.3) is 0 Å². The molecule has 1 aliphatic carbocycles. The second-order valence-electron chi connectivity index (χ2n) is 12.3. The molecular weight excluding hydrogens is 585 g/mol. The Morgan fingerprint density at radius 3 is 1.92 bits per heavy atom. The molecular formula is C45H32N2O. The van der Waals surface area contributed by atoms with Crippen LogP contribution in [0.5, 0.6) is 0 Å². The Hall–Kier alpha value is -6.19. The molecule has 0 atom stereocenters. The van der Waals surface area contributed by atoms with Crippen LogP contribution in [-0.4, -0.2) is 4.98 Å². The third kappa shape index (κ3) is 4.97. The number of hydrogen-bond acceptors (Lipinski definition) is 3. The van der Waals surface area contributed by atoms with Gasteiger partial charge in [-0.1, -0.05) is 133 Å². The molecule has 0 saturated heterocycles. The second-order valence-corrected chi connectivity index (χ2v) is 12.3. The van der Waals surface area contributed by atoms with Crippen molar-refractivity contribution in [2.75, 3.05) is 4.90 Å². The lowest BCUT2D eigenvalue weighted by atomic mass is 9.93. The third-order valence-corrected chi connectivity index (χ3v) is 9.40. The maximum atomic E-state index is 6.64. The molecule has 3 nitrogen and oxygen atoms in total. The van der Waals surface area contributed by atoms with E-state index >= 15 is 0 Å². The van der Waals surface area contributed by atoms with Crippen molar-refractivity contribution in [1.82, 2.24) is 4.98 Å². The van der Waals surface area contributed by atoms with Crippen LogP contribution in [0.15, 0.2) is 168 Å². The van der Waals surface area contributed by atoms with Gasteiger partial charge in [-0.25, -0.2) is 4.98 Å². The minimum absolute atomic E-state index is 0.796. The fourth-order valence-electron chi connectivity index (χ4n) is 6.99. The van der Waals surface area contributed by atoms with E-state index in [9.17, 15) is 0 Å². The Morgan fingerprint density at radius 1 is 0.542 bits per heavy atom. The Labute approximate surface area is 280 Å². The van der Waals surface area contributed by atoms with Crippen LogP contribution >= 0.6 is 0 Å². The van der Waals surface area contributed by atoms with Crippen LogP contribution in [0.25, 0.3) is 61.4 Å². The summed E-state index contributed by atoms with van der Waals surface area (Å²) in [6.45, 7) is 0. The predicted octanol–water partition coefficient (Wildman–Crippen LogP) is 12.4. The highest BCUT2D eigenvalue weighted by Crippen LogP contribution is 2.42.